The number of benzene rings is 9. The zero-order valence-electron chi connectivity index (χ0n) is 35.4. The van der Waals surface area contributed by atoms with E-state index in [2.05, 4.69) is 258 Å². The summed E-state index contributed by atoms with van der Waals surface area (Å²) in [4.78, 5) is 2.41. The Bertz CT molecular complexity index is 3450. The van der Waals surface area contributed by atoms with Crippen molar-refractivity contribution in [2.24, 2.45) is 5.92 Å². The summed E-state index contributed by atoms with van der Waals surface area (Å²) in [6, 6.07) is 79.7. The summed E-state index contributed by atoms with van der Waals surface area (Å²) >= 11 is 0. The standard InChI is InChI=1S/C62H44N2/c1-3-17-43(18-4-1)47-25-15-26-51(39-47)63(52-37-38-54(44-19-5-2-6-20-44)58(42-52)56-30-16-24-45-21-9-10-27-53(45)56)50-35-33-46(34-36-50)55-28-11-13-31-60(55)64-61-32-14-12-29-57(61)59-40-48-22-7-8-23-49(48)41-62(59)64/h1-40,42,49H,41H2. The lowest BCUT2D eigenvalue weighted by Crippen LogP contribution is -2.14. The van der Waals surface area contributed by atoms with E-state index in [-0.39, 0.29) is 0 Å². The number of fused-ring (bicyclic) bond motifs is 5. The van der Waals surface area contributed by atoms with Crippen LogP contribution in [0, 0.1) is 5.92 Å². The third-order valence-electron chi connectivity index (χ3n) is 13.1. The zero-order valence-corrected chi connectivity index (χ0v) is 35.4. The van der Waals surface area contributed by atoms with Crippen LogP contribution >= 0.6 is 0 Å². The van der Waals surface area contributed by atoms with Gasteiger partial charge in [-0.2, -0.15) is 0 Å². The molecule has 0 fully saturated rings. The van der Waals surface area contributed by atoms with Crippen molar-refractivity contribution < 1.29 is 0 Å². The molecular formula is C62H44N2. The van der Waals surface area contributed by atoms with E-state index < -0.39 is 0 Å². The highest BCUT2D eigenvalue weighted by Gasteiger charge is 2.27. The van der Waals surface area contributed by atoms with E-state index >= 15 is 0 Å². The van der Waals surface area contributed by atoms with Gasteiger partial charge in [0.15, 0.2) is 0 Å². The molecule has 0 saturated heterocycles. The van der Waals surface area contributed by atoms with Crippen LogP contribution in [0.25, 0.3) is 77.9 Å². The average Bonchev–Trinajstić information content (AvgIpc) is 3.69. The van der Waals surface area contributed by atoms with Gasteiger partial charge in [-0.3, -0.25) is 0 Å². The van der Waals surface area contributed by atoms with Gasteiger partial charge in [-0.1, -0.05) is 194 Å². The van der Waals surface area contributed by atoms with Crippen molar-refractivity contribution in [2.75, 3.05) is 4.90 Å². The summed E-state index contributed by atoms with van der Waals surface area (Å²) in [5.74, 6) is 0.376. The maximum Gasteiger partial charge on any atom is 0.0537 e. The molecule has 2 aliphatic carbocycles. The van der Waals surface area contributed by atoms with Gasteiger partial charge in [0.05, 0.1) is 11.2 Å². The number of para-hydroxylation sites is 2. The summed E-state index contributed by atoms with van der Waals surface area (Å²) in [7, 11) is 0. The van der Waals surface area contributed by atoms with Crippen molar-refractivity contribution in [3.63, 3.8) is 0 Å². The van der Waals surface area contributed by atoms with Crippen LogP contribution in [0.5, 0.6) is 0 Å². The van der Waals surface area contributed by atoms with E-state index in [4.69, 9.17) is 0 Å². The summed E-state index contributed by atoms with van der Waals surface area (Å²) in [5, 5.41) is 3.76. The van der Waals surface area contributed by atoms with E-state index in [1.54, 1.807) is 0 Å². The van der Waals surface area contributed by atoms with Gasteiger partial charge in [0.2, 0.25) is 0 Å². The molecule has 2 aliphatic rings. The second-order valence-electron chi connectivity index (χ2n) is 16.9. The molecule has 0 amide bonds. The number of hydrogen-bond acceptors (Lipinski definition) is 1. The first-order chi connectivity index (χ1) is 31.7. The molecule has 1 aromatic heterocycles. The normalized spacial score (nSPS) is 14.0. The van der Waals surface area contributed by atoms with E-state index in [0.717, 1.165) is 23.5 Å². The Morgan fingerprint density at radius 3 is 1.92 bits per heavy atom. The molecule has 1 unspecified atom stereocenters. The lowest BCUT2D eigenvalue weighted by atomic mass is 9.83. The van der Waals surface area contributed by atoms with Gasteiger partial charge in [0.25, 0.3) is 0 Å². The Balaban J connectivity index is 1.02. The Hall–Kier alpha value is -8.20. The van der Waals surface area contributed by atoms with Crippen LogP contribution in [0.2, 0.25) is 0 Å². The molecule has 0 saturated carbocycles. The van der Waals surface area contributed by atoms with E-state index in [9.17, 15) is 0 Å². The smallest absolute Gasteiger partial charge is 0.0537 e. The first-order valence-corrected chi connectivity index (χ1v) is 22.3. The lowest BCUT2D eigenvalue weighted by Gasteiger charge is -2.28. The van der Waals surface area contributed by atoms with Gasteiger partial charge in [-0.25, -0.2) is 0 Å². The molecule has 0 bridgehead atoms. The molecule has 2 nitrogen and oxygen atoms in total. The minimum atomic E-state index is 0.376. The molecule has 10 aromatic rings. The fourth-order valence-corrected chi connectivity index (χ4v) is 10.1. The van der Waals surface area contributed by atoms with E-state index in [0.29, 0.717) is 5.92 Å². The molecule has 0 aliphatic heterocycles. The monoisotopic (exact) mass is 816 g/mol. The number of rotatable bonds is 8. The predicted octanol–water partition coefficient (Wildman–Crippen LogP) is 16.6. The van der Waals surface area contributed by atoms with Gasteiger partial charge in [0, 0.05) is 45.2 Å². The number of allylic oxidation sites excluding steroid dienone is 5. The van der Waals surface area contributed by atoms with Crippen molar-refractivity contribution in [1.82, 2.24) is 4.57 Å². The van der Waals surface area contributed by atoms with E-state index in [1.165, 1.54) is 88.7 Å². The lowest BCUT2D eigenvalue weighted by molar-refractivity contribution is 0.727. The second-order valence-corrected chi connectivity index (χ2v) is 16.9. The van der Waals surface area contributed by atoms with Crippen LogP contribution in [0.3, 0.4) is 0 Å². The van der Waals surface area contributed by atoms with Crippen molar-refractivity contribution in [1.29, 1.82) is 0 Å². The third-order valence-corrected chi connectivity index (χ3v) is 13.1. The van der Waals surface area contributed by atoms with Crippen molar-refractivity contribution in [3.8, 4) is 50.2 Å². The van der Waals surface area contributed by atoms with Crippen LogP contribution < -0.4 is 4.90 Å². The van der Waals surface area contributed by atoms with E-state index in [1.807, 2.05) is 0 Å². The van der Waals surface area contributed by atoms with Crippen molar-refractivity contribution in [2.45, 2.75) is 6.42 Å². The van der Waals surface area contributed by atoms with Crippen molar-refractivity contribution in [3.05, 3.63) is 260 Å². The molecule has 1 heterocycles. The third kappa shape index (κ3) is 6.60. The molecule has 0 spiro atoms. The Morgan fingerprint density at radius 2 is 1.06 bits per heavy atom. The fraction of sp³-hybridized carbons (Fsp3) is 0.0323. The quantitative estimate of drug-likeness (QED) is 0.148. The number of nitrogens with zero attached hydrogens (tertiary/aromatic N) is 2. The van der Waals surface area contributed by atoms with Crippen molar-refractivity contribution >= 4 is 44.8 Å². The number of hydrogen-bond donors (Lipinski definition) is 0. The van der Waals surface area contributed by atoms with Crippen LogP contribution in [0.4, 0.5) is 17.1 Å². The van der Waals surface area contributed by atoms with Crippen LogP contribution in [-0.4, -0.2) is 4.57 Å². The minimum Gasteiger partial charge on any atom is -0.312 e. The zero-order chi connectivity index (χ0) is 42.4. The molecule has 64 heavy (non-hydrogen) atoms. The molecule has 0 N–H and O–H groups in total. The summed E-state index contributed by atoms with van der Waals surface area (Å²) in [6.45, 7) is 0. The largest absolute Gasteiger partial charge is 0.312 e. The highest BCUT2D eigenvalue weighted by atomic mass is 15.1. The average molecular weight is 817 g/mol. The first kappa shape index (κ1) is 37.6. The molecule has 12 rings (SSSR count). The van der Waals surface area contributed by atoms with Gasteiger partial charge >= 0.3 is 0 Å². The Morgan fingerprint density at radius 1 is 0.422 bits per heavy atom. The molecular weight excluding hydrogens is 773 g/mol. The summed E-state index contributed by atoms with van der Waals surface area (Å²) in [6.07, 6.45) is 12.4. The highest BCUT2D eigenvalue weighted by molar-refractivity contribution is 6.02. The molecule has 1 atom stereocenters. The van der Waals surface area contributed by atoms with Crippen LogP contribution in [0.1, 0.15) is 11.3 Å². The Labute approximate surface area is 374 Å². The van der Waals surface area contributed by atoms with Crippen LogP contribution in [-0.2, 0) is 6.42 Å². The second kappa shape index (κ2) is 15.9. The number of aromatic nitrogens is 1. The van der Waals surface area contributed by atoms with Gasteiger partial charge in [-0.05, 0) is 116 Å². The predicted molar refractivity (Wildman–Crippen MR) is 271 cm³/mol. The molecule has 2 heteroatoms. The first-order valence-electron chi connectivity index (χ1n) is 22.3. The van der Waals surface area contributed by atoms with Gasteiger partial charge in [-0.15, -0.1) is 0 Å². The summed E-state index contributed by atoms with van der Waals surface area (Å²) in [5.41, 5.74) is 19.3. The maximum atomic E-state index is 2.53. The maximum absolute atomic E-state index is 2.53. The fourth-order valence-electron chi connectivity index (χ4n) is 10.1. The minimum absolute atomic E-state index is 0.376. The topological polar surface area (TPSA) is 8.17 Å². The number of anilines is 3. The molecule has 9 aromatic carbocycles. The van der Waals surface area contributed by atoms with Gasteiger partial charge < -0.3 is 9.47 Å². The molecule has 302 valence electrons. The Kier molecular flexibility index (Phi) is 9.34. The van der Waals surface area contributed by atoms with Crippen LogP contribution in [0.15, 0.2) is 248 Å². The SMILES string of the molecule is C1=CC2=Cc3c(n(-c4ccccc4-c4ccc(N(c5cccc(-c6ccccc6)c5)c5ccc(-c6ccccc6)c(-c6cccc7ccccc67)c5)cc4)c4ccccc34)CC2C=C1. The highest BCUT2D eigenvalue weighted by Crippen LogP contribution is 2.45. The molecule has 0 radical (unpaired) electrons. The summed E-state index contributed by atoms with van der Waals surface area (Å²) < 4.78 is 2.53. The van der Waals surface area contributed by atoms with Gasteiger partial charge in [0.1, 0.15) is 0 Å².